The van der Waals surface area contributed by atoms with Gasteiger partial charge in [-0.3, -0.25) is 4.79 Å². The standard InChI is InChI=1S/C14H22N4OS/c1-2-18-14(15-9-16-18)13(11-5-6-11)17-12(19)8-20-7-10-3-4-10/h9-11,13H,2-8H2,1H3,(H,17,19)/t13-/m0/s1. The van der Waals surface area contributed by atoms with Gasteiger partial charge in [0.25, 0.3) is 0 Å². The molecule has 0 unspecified atom stereocenters. The number of aromatic nitrogens is 3. The molecular weight excluding hydrogens is 272 g/mol. The lowest BCUT2D eigenvalue weighted by Crippen LogP contribution is -2.33. The molecule has 110 valence electrons. The summed E-state index contributed by atoms with van der Waals surface area (Å²) in [6.07, 6.45) is 6.63. The summed E-state index contributed by atoms with van der Waals surface area (Å²) < 4.78 is 1.89. The number of hydrogen-bond donors (Lipinski definition) is 1. The number of nitrogens with one attached hydrogen (secondary N) is 1. The van der Waals surface area contributed by atoms with Gasteiger partial charge in [0.1, 0.15) is 12.2 Å². The van der Waals surface area contributed by atoms with E-state index in [0.717, 1.165) is 24.0 Å². The molecule has 2 aliphatic rings. The molecule has 1 atom stereocenters. The van der Waals surface area contributed by atoms with Crippen LogP contribution in [-0.2, 0) is 11.3 Å². The molecule has 2 fully saturated rings. The second-order valence-corrected chi connectivity index (χ2v) is 6.81. The zero-order valence-electron chi connectivity index (χ0n) is 11.9. The molecule has 0 aliphatic heterocycles. The Morgan fingerprint density at radius 1 is 1.50 bits per heavy atom. The number of aryl methyl sites for hydroxylation is 1. The van der Waals surface area contributed by atoms with Gasteiger partial charge in [0.2, 0.25) is 5.91 Å². The van der Waals surface area contributed by atoms with Crippen LogP contribution in [0.25, 0.3) is 0 Å². The molecule has 0 aromatic carbocycles. The van der Waals surface area contributed by atoms with Gasteiger partial charge < -0.3 is 5.32 Å². The van der Waals surface area contributed by atoms with E-state index in [9.17, 15) is 4.79 Å². The van der Waals surface area contributed by atoms with Crippen molar-refractivity contribution in [2.24, 2.45) is 11.8 Å². The van der Waals surface area contributed by atoms with E-state index >= 15 is 0 Å². The highest BCUT2D eigenvalue weighted by atomic mass is 32.2. The molecule has 0 saturated heterocycles. The summed E-state index contributed by atoms with van der Waals surface area (Å²) in [7, 11) is 0. The molecule has 2 saturated carbocycles. The summed E-state index contributed by atoms with van der Waals surface area (Å²) in [6, 6.07) is 0.0477. The van der Waals surface area contributed by atoms with E-state index in [0.29, 0.717) is 11.7 Å². The van der Waals surface area contributed by atoms with Gasteiger partial charge in [-0.1, -0.05) is 0 Å². The quantitative estimate of drug-likeness (QED) is 0.797. The van der Waals surface area contributed by atoms with Crippen molar-refractivity contribution in [1.29, 1.82) is 0 Å². The number of carbonyl (C=O) groups excluding carboxylic acids is 1. The molecule has 5 nitrogen and oxygen atoms in total. The second-order valence-electron chi connectivity index (χ2n) is 5.78. The minimum atomic E-state index is 0.0477. The predicted octanol–water partition coefficient (Wildman–Crippen LogP) is 2.01. The molecule has 1 heterocycles. The van der Waals surface area contributed by atoms with Crippen LogP contribution < -0.4 is 5.32 Å². The lowest BCUT2D eigenvalue weighted by Gasteiger charge is -2.18. The van der Waals surface area contributed by atoms with Crippen LogP contribution >= 0.6 is 11.8 Å². The predicted molar refractivity (Wildman–Crippen MR) is 79.4 cm³/mol. The lowest BCUT2D eigenvalue weighted by molar-refractivity contribution is -0.119. The maximum absolute atomic E-state index is 12.1. The van der Waals surface area contributed by atoms with Gasteiger partial charge in [0.15, 0.2) is 0 Å². The molecule has 0 radical (unpaired) electrons. The summed E-state index contributed by atoms with van der Waals surface area (Å²) in [6.45, 7) is 2.85. The Balaban J connectivity index is 1.55. The van der Waals surface area contributed by atoms with Crippen molar-refractivity contribution < 1.29 is 4.79 Å². The third kappa shape index (κ3) is 3.53. The number of amides is 1. The number of thioether (sulfide) groups is 1. The second kappa shape index (κ2) is 6.16. The van der Waals surface area contributed by atoms with Crippen molar-refractivity contribution in [2.45, 2.75) is 45.2 Å². The van der Waals surface area contributed by atoms with Crippen molar-refractivity contribution in [1.82, 2.24) is 20.1 Å². The van der Waals surface area contributed by atoms with Gasteiger partial charge in [-0.2, -0.15) is 16.9 Å². The van der Waals surface area contributed by atoms with E-state index in [2.05, 4.69) is 22.3 Å². The lowest BCUT2D eigenvalue weighted by atomic mass is 10.1. The monoisotopic (exact) mass is 294 g/mol. The Morgan fingerprint density at radius 2 is 2.30 bits per heavy atom. The number of carbonyl (C=O) groups is 1. The molecule has 1 amide bonds. The summed E-state index contributed by atoms with van der Waals surface area (Å²) in [5, 5.41) is 7.38. The SMILES string of the molecule is CCn1ncnc1[C@@H](NC(=O)CSCC1CC1)C1CC1. The third-order valence-corrected chi connectivity index (χ3v) is 5.09. The van der Waals surface area contributed by atoms with E-state index in [1.807, 2.05) is 4.68 Å². The number of hydrogen-bond acceptors (Lipinski definition) is 4. The van der Waals surface area contributed by atoms with Gasteiger partial charge in [-0.25, -0.2) is 9.67 Å². The van der Waals surface area contributed by atoms with E-state index in [4.69, 9.17) is 0 Å². The van der Waals surface area contributed by atoms with Gasteiger partial charge in [-0.15, -0.1) is 0 Å². The molecule has 3 rings (SSSR count). The summed E-state index contributed by atoms with van der Waals surface area (Å²) >= 11 is 1.76. The molecule has 1 N–H and O–H groups in total. The molecule has 0 spiro atoms. The first-order valence-corrected chi connectivity index (χ1v) is 8.68. The Morgan fingerprint density at radius 3 is 2.95 bits per heavy atom. The zero-order chi connectivity index (χ0) is 13.9. The normalized spacial score (nSPS) is 19.9. The van der Waals surface area contributed by atoms with Crippen molar-refractivity contribution in [3.63, 3.8) is 0 Å². The molecule has 2 aliphatic carbocycles. The Kier molecular flexibility index (Phi) is 4.29. The summed E-state index contributed by atoms with van der Waals surface area (Å²) in [5.74, 6) is 4.16. The largest absolute Gasteiger partial charge is 0.345 e. The highest BCUT2D eigenvalue weighted by Gasteiger charge is 2.36. The number of rotatable bonds is 8. The van der Waals surface area contributed by atoms with Crippen LogP contribution in [0, 0.1) is 11.8 Å². The maximum atomic E-state index is 12.1. The molecule has 1 aromatic heterocycles. The van der Waals surface area contributed by atoms with E-state index in [1.165, 1.54) is 25.7 Å². The fraction of sp³-hybridized carbons (Fsp3) is 0.786. The van der Waals surface area contributed by atoms with Gasteiger partial charge >= 0.3 is 0 Å². The van der Waals surface area contributed by atoms with Crippen LogP contribution in [0.2, 0.25) is 0 Å². The Labute approximate surface area is 123 Å². The van der Waals surface area contributed by atoms with Gasteiger partial charge in [0, 0.05) is 6.54 Å². The Hall–Kier alpha value is -1.04. The first kappa shape index (κ1) is 13.9. The maximum Gasteiger partial charge on any atom is 0.230 e. The zero-order valence-corrected chi connectivity index (χ0v) is 12.7. The molecule has 1 aromatic rings. The minimum absolute atomic E-state index is 0.0477. The van der Waals surface area contributed by atoms with Crippen LogP contribution in [0.3, 0.4) is 0 Å². The topological polar surface area (TPSA) is 59.8 Å². The summed E-state index contributed by atoms with van der Waals surface area (Å²) in [5.41, 5.74) is 0. The number of nitrogens with zero attached hydrogens (tertiary/aromatic N) is 3. The van der Waals surface area contributed by atoms with Crippen molar-refractivity contribution >= 4 is 17.7 Å². The van der Waals surface area contributed by atoms with E-state index < -0.39 is 0 Å². The van der Waals surface area contributed by atoms with E-state index in [1.54, 1.807) is 18.1 Å². The third-order valence-electron chi connectivity index (χ3n) is 3.92. The minimum Gasteiger partial charge on any atom is -0.345 e. The fourth-order valence-corrected chi connectivity index (χ4v) is 3.45. The van der Waals surface area contributed by atoms with Crippen LogP contribution in [0.5, 0.6) is 0 Å². The molecule has 20 heavy (non-hydrogen) atoms. The van der Waals surface area contributed by atoms with Crippen LogP contribution in [-0.4, -0.2) is 32.2 Å². The van der Waals surface area contributed by atoms with Crippen LogP contribution in [0.1, 0.15) is 44.5 Å². The highest BCUT2D eigenvalue weighted by Crippen LogP contribution is 2.40. The van der Waals surface area contributed by atoms with Gasteiger partial charge in [-0.05, 0) is 50.2 Å². The van der Waals surface area contributed by atoms with Crippen LogP contribution in [0.4, 0.5) is 0 Å². The first-order valence-electron chi connectivity index (χ1n) is 7.52. The first-order chi connectivity index (χ1) is 9.78. The molecule has 6 heteroatoms. The molecular formula is C14H22N4OS. The van der Waals surface area contributed by atoms with Crippen molar-refractivity contribution in [3.8, 4) is 0 Å². The Bertz CT molecular complexity index is 467. The van der Waals surface area contributed by atoms with Crippen molar-refractivity contribution in [2.75, 3.05) is 11.5 Å². The van der Waals surface area contributed by atoms with Crippen molar-refractivity contribution in [3.05, 3.63) is 12.2 Å². The molecule has 0 bridgehead atoms. The smallest absolute Gasteiger partial charge is 0.230 e. The highest BCUT2D eigenvalue weighted by molar-refractivity contribution is 7.99. The summed E-state index contributed by atoms with van der Waals surface area (Å²) in [4.78, 5) is 16.4. The van der Waals surface area contributed by atoms with E-state index in [-0.39, 0.29) is 11.9 Å². The van der Waals surface area contributed by atoms with Crippen LogP contribution in [0.15, 0.2) is 6.33 Å². The van der Waals surface area contributed by atoms with Gasteiger partial charge in [0.05, 0.1) is 11.8 Å². The average Bonchev–Trinajstić information content (AvgIpc) is 3.35. The average molecular weight is 294 g/mol. The fourth-order valence-electron chi connectivity index (χ4n) is 2.40.